The second-order valence-electron chi connectivity index (χ2n) is 6.13. The van der Waals surface area contributed by atoms with E-state index < -0.39 is 11.6 Å². The molecule has 0 saturated heterocycles. The molecule has 0 heterocycles. The number of hydrogen-bond acceptors (Lipinski definition) is 2. The highest BCUT2D eigenvalue weighted by atomic mass is 16.2. The standard InChI is InChI=1S/C24H16O2/c25-23-16-19(20-13-7-8-14-21(20)24(23)26)15-22(17-9-3-1-4-10-17)18-11-5-2-6-12-18/h1-16H. The maximum atomic E-state index is 12.2. The minimum absolute atomic E-state index is 0.446. The smallest absolute Gasteiger partial charge is 0.233 e. The molecule has 3 aromatic carbocycles. The summed E-state index contributed by atoms with van der Waals surface area (Å²) in [5.41, 5.74) is 5.14. The number of carbonyl (C=O) groups excluding carboxylic acids is 2. The molecule has 1 aliphatic carbocycles. The van der Waals surface area contributed by atoms with E-state index in [2.05, 4.69) is 0 Å². The van der Waals surface area contributed by atoms with Gasteiger partial charge in [-0.25, -0.2) is 0 Å². The van der Waals surface area contributed by atoms with Crippen LogP contribution in [0, 0.1) is 0 Å². The van der Waals surface area contributed by atoms with Crippen molar-refractivity contribution in [2.24, 2.45) is 0 Å². The molecule has 0 amide bonds. The van der Waals surface area contributed by atoms with Gasteiger partial charge in [0.25, 0.3) is 0 Å². The third-order valence-electron chi connectivity index (χ3n) is 4.46. The van der Waals surface area contributed by atoms with Crippen LogP contribution in [-0.2, 0) is 4.79 Å². The van der Waals surface area contributed by atoms with Crippen molar-refractivity contribution < 1.29 is 9.59 Å². The fraction of sp³-hybridized carbons (Fsp3) is 0. The van der Waals surface area contributed by atoms with E-state index in [-0.39, 0.29) is 0 Å². The van der Waals surface area contributed by atoms with E-state index >= 15 is 0 Å². The van der Waals surface area contributed by atoms with Crippen molar-refractivity contribution in [1.29, 1.82) is 0 Å². The van der Waals surface area contributed by atoms with Crippen molar-refractivity contribution in [1.82, 2.24) is 0 Å². The molecule has 0 N–H and O–H groups in total. The number of rotatable bonds is 3. The largest absolute Gasteiger partial charge is 0.286 e. The molecule has 3 aromatic rings. The molecular formula is C24H16O2. The summed E-state index contributed by atoms with van der Waals surface area (Å²) in [4.78, 5) is 24.3. The van der Waals surface area contributed by atoms with E-state index in [4.69, 9.17) is 0 Å². The lowest BCUT2D eigenvalue weighted by molar-refractivity contribution is -0.110. The average Bonchev–Trinajstić information content (AvgIpc) is 2.71. The number of Topliss-reactive ketones (excluding diaryl/α,β-unsaturated/α-hetero) is 1. The van der Waals surface area contributed by atoms with Gasteiger partial charge in [0.2, 0.25) is 11.6 Å². The van der Waals surface area contributed by atoms with Crippen LogP contribution in [0.2, 0.25) is 0 Å². The Labute approximate surface area is 152 Å². The molecule has 0 spiro atoms. The number of benzene rings is 3. The SMILES string of the molecule is O=C1C=C(C=C(c2ccccc2)c2ccccc2)c2ccccc2C1=O. The lowest BCUT2D eigenvalue weighted by Gasteiger charge is -2.16. The zero-order valence-corrected chi connectivity index (χ0v) is 14.1. The third kappa shape index (κ3) is 2.93. The summed E-state index contributed by atoms with van der Waals surface area (Å²) < 4.78 is 0. The zero-order valence-electron chi connectivity index (χ0n) is 14.1. The van der Waals surface area contributed by atoms with Gasteiger partial charge >= 0.3 is 0 Å². The molecule has 4 rings (SSSR count). The predicted octanol–water partition coefficient (Wildman–Crippen LogP) is 4.97. The fourth-order valence-electron chi connectivity index (χ4n) is 3.19. The van der Waals surface area contributed by atoms with Crippen molar-refractivity contribution in [3.63, 3.8) is 0 Å². The van der Waals surface area contributed by atoms with Gasteiger partial charge in [0.05, 0.1) is 0 Å². The minimum atomic E-state index is -0.476. The number of ketones is 2. The molecule has 0 saturated carbocycles. The Morgan fingerprint density at radius 3 is 1.69 bits per heavy atom. The van der Waals surface area contributed by atoms with Gasteiger partial charge in [-0.1, -0.05) is 84.9 Å². The number of hydrogen-bond donors (Lipinski definition) is 0. The molecule has 0 bridgehead atoms. The second kappa shape index (κ2) is 6.77. The Hall–Kier alpha value is -3.52. The normalized spacial score (nSPS) is 13.0. The first-order chi connectivity index (χ1) is 12.7. The zero-order chi connectivity index (χ0) is 17.9. The number of allylic oxidation sites excluding steroid dienone is 3. The van der Waals surface area contributed by atoms with Crippen molar-refractivity contribution in [3.05, 3.63) is 119 Å². The van der Waals surface area contributed by atoms with Crippen LogP contribution in [0.25, 0.3) is 11.1 Å². The van der Waals surface area contributed by atoms with E-state index in [0.717, 1.165) is 27.8 Å². The second-order valence-corrected chi connectivity index (χ2v) is 6.13. The quantitative estimate of drug-likeness (QED) is 0.633. The average molecular weight is 336 g/mol. The van der Waals surface area contributed by atoms with Gasteiger partial charge < -0.3 is 0 Å². The molecule has 2 nitrogen and oxygen atoms in total. The number of carbonyl (C=O) groups is 2. The topological polar surface area (TPSA) is 34.1 Å². The first kappa shape index (κ1) is 16.0. The van der Waals surface area contributed by atoms with Gasteiger partial charge in [-0.05, 0) is 40.0 Å². The molecule has 0 radical (unpaired) electrons. The van der Waals surface area contributed by atoms with Crippen molar-refractivity contribution in [2.45, 2.75) is 0 Å². The van der Waals surface area contributed by atoms with Gasteiger partial charge in [-0.15, -0.1) is 0 Å². The molecule has 124 valence electrons. The van der Waals surface area contributed by atoms with E-state index in [1.807, 2.05) is 78.9 Å². The van der Waals surface area contributed by atoms with Gasteiger partial charge in [0, 0.05) is 5.56 Å². The maximum absolute atomic E-state index is 12.2. The van der Waals surface area contributed by atoms with Gasteiger partial charge in [0.15, 0.2) is 0 Å². The lowest BCUT2D eigenvalue weighted by Crippen LogP contribution is -2.18. The Morgan fingerprint density at radius 2 is 1.12 bits per heavy atom. The predicted molar refractivity (Wildman–Crippen MR) is 104 cm³/mol. The molecular weight excluding hydrogens is 320 g/mol. The summed E-state index contributed by atoms with van der Waals surface area (Å²) >= 11 is 0. The van der Waals surface area contributed by atoms with Crippen LogP contribution in [0.5, 0.6) is 0 Å². The summed E-state index contributed by atoms with van der Waals surface area (Å²) in [5, 5.41) is 0. The molecule has 2 heteroatoms. The van der Waals surface area contributed by atoms with E-state index in [1.165, 1.54) is 6.08 Å². The van der Waals surface area contributed by atoms with Crippen LogP contribution in [-0.4, -0.2) is 11.6 Å². The Morgan fingerprint density at radius 1 is 0.615 bits per heavy atom. The van der Waals surface area contributed by atoms with Crippen LogP contribution in [0.3, 0.4) is 0 Å². The van der Waals surface area contributed by atoms with E-state index in [0.29, 0.717) is 5.56 Å². The van der Waals surface area contributed by atoms with Crippen molar-refractivity contribution in [3.8, 4) is 0 Å². The van der Waals surface area contributed by atoms with Crippen molar-refractivity contribution >= 4 is 22.7 Å². The molecule has 26 heavy (non-hydrogen) atoms. The van der Waals surface area contributed by atoms with E-state index in [9.17, 15) is 9.59 Å². The first-order valence-electron chi connectivity index (χ1n) is 8.46. The molecule has 1 aliphatic rings. The monoisotopic (exact) mass is 336 g/mol. The molecule has 0 atom stereocenters. The van der Waals surface area contributed by atoms with Gasteiger partial charge in [0.1, 0.15) is 0 Å². The summed E-state index contributed by atoms with van der Waals surface area (Å²) in [6.07, 6.45) is 3.43. The van der Waals surface area contributed by atoms with Gasteiger partial charge in [-0.2, -0.15) is 0 Å². The van der Waals surface area contributed by atoms with Crippen LogP contribution < -0.4 is 0 Å². The first-order valence-corrected chi connectivity index (χ1v) is 8.46. The van der Waals surface area contributed by atoms with Crippen LogP contribution in [0.4, 0.5) is 0 Å². The fourth-order valence-corrected chi connectivity index (χ4v) is 3.19. The Bertz CT molecular complexity index is 1000. The summed E-state index contributed by atoms with van der Waals surface area (Å²) in [7, 11) is 0. The summed E-state index contributed by atoms with van der Waals surface area (Å²) in [6, 6.07) is 27.3. The van der Waals surface area contributed by atoms with Crippen LogP contribution in [0.1, 0.15) is 27.0 Å². The van der Waals surface area contributed by atoms with Crippen LogP contribution in [0.15, 0.2) is 97.1 Å². The molecule has 0 fully saturated rings. The molecule has 0 unspecified atom stereocenters. The highest BCUT2D eigenvalue weighted by molar-refractivity contribution is 6.50. The molecule has 0 aliphatic heterocycles. The highest BCUT2D eigenvalue weighted by Gasteiger charge is 2.24. The lowest BCUT2D eigenvalue weighted by atomic mass is 9.86. The van der Waals surface area contributed by atoms with Crippen LogP contribution >= 0.6 is 0 Å². The third-order valence-corrected chi connectivity index (χ3v) is 4.46. The Balaban J connectivity index is 1.92. The Kier molecular flexibility index (Phi) is 4.16. The van der Waals surface area contributed by atoms with Gasteiger partial charge in [-0.3, -0.25) is 9.59 Å². The summed E-state index contributed by atoms with van der Waals surface area (Å²) in [6.45, 7) is 0. The molecule has 0 aromatic heterocycles. The highest BCUT2D eigenvalue weighted by Crippen LogP contribution is 2.31. The summed E-state index contributed by atoms with van der Waals surface area (Å²) in [5.74, 6) is -0.922. The number of fused-ring (bicyclic) bond motifs is 1. The van der Waals surface area contributed by atoms with E-state index in [1.54, 1.807) is 12.1 Å². The maximum Gasteiger partial charge on any atom is 0.233 e. The minimum Gasteiger partial charge on any atom is -0.286 e. The van der Waals surface area contributed by atoms with Crippen molar-refractivity contribution in [2.75, 3.05) is 0 Å².